The van der Waals surface area contributed by atoms with Crippen LogP contribution in [0.5, 0.6) is 0 Å². The number of nitro groups is 1. The Morgan fingerprint density at radius 3 is 2.46 bits per heavy atom. The molecular weight excluding hydrogens is 334 g/mol. The summed E-state index contributed by atoms with van der Waals surface area (Å²) >= 11 is 0. The summed E-state index contributed by atoms with van der Waals surface area (Å²) < 4.78 is 24.5. The zero-order chi connectivity index (χ0) is 17.9. The molecule has 8 nitrogen and oxygen atoms in total. The molecule has 0 saturated carbocycles. The molecule has 0 bridgehead atoms. The Morgan fingerprint density at radius 1 is 1.12 bits per heavy atom. The molecule has 24 heavy (non-hydrogen) atoms. The van der Waals surface area contributed by atoms with Crippen molar-refractivity contribution in [3.05, 3.63) is 69.3 Å². The molecule has 0 fully saturated rings. The zero-order valence-electron chi connectivity index (χ0n) is 12.9. The first kappa shape index (κ1) is 17.6. The van der Waals surface area contributed by atoms with Crippen LogP contribution >= 0.6 is 0 Å². The van der Waals surface area contributed by atoms with E-state index in [1.54, 1.807) is 19.1 Å². The number of carbonyl (C=O) groups excluding carboxylic acids is 1. The van der Waals surface area contributed by atoms with Crippen molar-refractivity contribution in [3.63, 3.8) is 0 Å². The largest absolute Gasteiger partial charge is 0.273 e. The number of sulfonamides is 1. The Kier molecular flexibility index (Phi) is 4.96. The van der Waals surface area contributed by atoms with Crippen molar-refractivity contribution in [3.8, 4) is 0 Å². The Labute approximate surface area is 138 Å². The molecule has 0 aliphatic carbocycles. The lowest BCUT2D eigenvalue weighted by Crippen LogP contribution is -2.41. The average molecular weight is 349 g/mol. The van der Waals surface area contributed by atoms with Crippen molar-refractivity contribution in [2.24, 2.45) is 0 Å². The summed E-state index contributed by atoms with van der Waals surface area (Å²) in [6.07, 6.45) is 0. The molecule has 2 rings (SSSR count). The smallest absolute Gasteiger partial charge is 0.270 e. The number of aryl methyl sites for hydroxylation is 2. The molecule has 0 spiro atoms. The molecule has 0 aromatic heterocycles. The van der Waals surface area contributed by atoms with Crippen LogP contribution in [0.3, 0.4) is 0 Å². The Hall–Kier alpha value is -2.78. The minimum absolute atomic E-state index is 0.0347. The Morgan fingerprint density at radius 2 is 1.83 bits per heavy atom. The minimum atomic E-state index is -3.95. The van der Waals surface area contributed by atoms with E-state index in [2.05, 4.69) is 0 Å². The highest BCUT2D eigenvalue weighted by Crippen LogP contribution is 2.16. The minimum Gasteiger partial charge on any atom is -0.273 e. The summed E-state index contributed by atoms with van der Waals surface area (Å²) in [5.74, 6) is -0.799. The van der Waals surface area contributed by atoms with Gasteiger partial charge >= 0.3 is 0 Å². The van der Waals surface area contributed by atoms with Crippen molar-refractivity contribution in [2.75, 3.05) is 0 Å². The SMILES string of the molecule is Cc1ccc(S(=O)(=O)NNC(=O)c2cccc([N+](=O)[O-])c2)c(C)c1. The molecule has 2 N–H and O–H groups in total. The summed E-state index contributed by atoms with van der Waals surface area (Å²) in [7, 11) is -3.95. The van der Waals surface area contributed by atoms with Crippen LogP contribution in [0.1, 0.15) is 21.5 Å². The van der Waals surface area contributed by atoms with E-state index in [1.165, 1.54) is 24.3 Å². The van der Waals surface area contributed by atoms with Crippen molar-refractivity contribution in [2.45, 2.75) is 18.7 Å². The normalized spacial score (nSPS) is 11.1. The number of hydrazine groups is 1. The molecule has 0 aliphatic heterocycles. The maximum absolute atomic E-state index is 12.2. The lowest BCUT2D eigenvalue weighted by Gasteiger charge is -2.11. The number of nitro benzene ring substituents is 1. The van der Waals surface area contributed by atoms with Gasteiger partial charge in [-0.25, -0.2) is 8.42 Å². The van der Waals surface area contributed by atoms with Gasteiger partial charge in [0.1, 0.15) is 0 Å². The third-order valence-electron chi connectivity index (χ3n) is 3.24. The van der Waals surface area contributed by atoms with Gasteiger partial charge in [0.05, 0.1) is 9.82 Å². The first-order valence-electron chi connectivity index (χ1n) is 6.84. The second kappa shape index (κ2) is 6.77. The maximum atomic E-state index is 12.2. The number of non-ortho nitro benzene ring substituents is 1. The predicted octanol–water partition coefficient (Wildman–Crippen LogP) is 1.83. The summed E-state index contributed by atoms with van der Waals surface area (Å²) in [5.41, 5.74) is 3.19. The Balaban J connectivity index is 2.16. The first-order valence-corrected chi connectivity index (χ1v) is 8.33. The number of nitrogens with zero attached hydrogens (tertiary/aromatic N) is 1. The van der Waals surface area contributed by atoms with Crippen LogP contribution < -0.4 is 10.3 Å². The highest BCUT2D eigenvalue weighted by atomic mass is 32.2. The molecule has 9 heteroatoms. The highest BCUT2D eigenvalue weighted by Gasteiger charge is 2.18. The van der Waals surface area contributed by atoms with Crippen LogP contribution in [0.25, 0.3) is 0 Å². The molecule has 0 saturated heterocycles. The van der Waals surface area contributed by atoms with E-state index in [0.29, 0.717) is 5.56 Å². The predicted molar refractivity (Wildman–Crippen MR) is 86.8 cm³/mol. The number of hydrogen-bond acceptors (Lipinski definition) is 5. The van der Waals surface area contributed by atoms with Crippen LogP contribution in [-0.2, 0) is 10.0 Å². The quantitative estimate of drug-likeness (QED) is 0.630. The second-order valence-electron chi connectivity index (χ2n) is 5.14. The molecule has 2 aromatic carbocycles. The topological polar surface area (TPSA) is 118 Å². The van der Waals surface area contributed by atoms with E-state index in [9.17, 15) is 23.3 Å². The fraction of sp³-hybridized carbons (Fsp3) is 0.133. The molecule has 0 radical (unpaired) electrons. The van der Waals surface area contributed by atoms with E-state index < -0.39 is 20.9 Å². The maximum Gasteiger partial charge on any atom is 0.270 e. The van der Waals surface area contributed by atoms with Crippen molar-refractivity contribution >= 4 is 21.6 Å². The highest BCUT2D eigenvalue weighted by molar-refractivity contribution is 7.89. The molecule has 2 aromatic rings. The van der Waals surface area contributed by atoms with Gasteiger partial charge in [-0.15, -0.1) is 4.83 Å². The van der Waals surface area contributed by atoms with Crippen LogP contribution in [0.4, 0.5) is 5.69 Å². The average Bonchev–Trinajstić information content (AvgIpc) is 2.52. The monoisotopic (exact) mass is 349 g/mol. The van der Waals surface area contributed by atoms with Crippen molar-refractivity contribution in [1.82, 2.24) is 10.3 Å². The van der Waals surface area contributed by atoms with E-state index in [4.69, 9.17) is 0 Å². The lowest BCUT2D eigenvalue weighted by atomic mass is 10.2. The van der Waals surface area contributed by atoms with Crippen LogP contribution in [0.15, 0.2) is 47.4 Å². The van der Waals surface area contributed by atoms with Gasteiger partial charge in [0.2, 0.25) is 0 Å². The van der Waals surface area contributed by atoms with Gasteiger partial charge < -0.3 is 0 Å². The lowest BCUT2D eigenvalue weighted by molar-refractivity contribution is -0.384. The molecule has 0 heterocycles. The van der Waals surface area contributed by atoms with Crippen molar-refractivity contribution in [1.29, 1.82) is 0 Å². The number of benzene rings is 2. The molecule has 126 valence electrons. The van der Waals surface area contributed by atoms with Gasteiger partial charge in [-0.2, -0.15) is 0 Å². The van der Waals surface area contributed by atoms with E-state index in [1.807, 2.05) is 17.2 Å². The van der Waals surface area contributed by atoms with Gasteiger partial charge in [-0.1, -0.05) is 23.8 Å². The van der Waals surface area contributed by atoms with E-state index in [-0.39, 0.29) is 16.1 Å². The van der Waals surface area contributed by atoms with Crippen LogP contribution in [-0.4, -0.2) is 19.2 Å². The number of amides is 1. The van der Waals surface area contributed by atoms with Crippen LogP contribution in [0.2, 0.25) is 0 Å². The fourth-order valence-electron chi connectivity index (χ4n) is 2.10. The summed E-state index contributed by atoms with van der Waals surface area (Å²) in [6.45, 7) is 3.48. The van der Waals surface area contributed by atoms with Crippen molar-refractivity contribution < 1.29 is 18.1 Å². The van der Waals surface area contributed by atoms with E-state index >= 15 is 0 Å². The van der Waals surface area contributed by atoms with Gasteiger partial charge in [-0.3, -0.25) is 20.3 Å². The molecule has 0 atom stereocenters. The number of nitrogens with one attached hydrogen (secondary N) is 2. The van der Waals surface area contributed by atoms with Gasteiger partial charge in [0.15, 0.2) is 0 Å². The molecule has 0 aliphatic rings. The van der Waals surface area contributed by atoms with Gasteiger partial charge in [0, 0.05) is 17.7 Å². The summed E-state index contributed by atoms with van der Waals surface area (Å²) in [6, 6.07) is 9.75. The molecule has 0 unspecified atom stereocenters. The second-order valence-corrected chi connectivity index (χ2v) is 6.79. The summed E-state index contributed by atoms with van der Waals surface area (Å²) in [4.78, 5) is 24.1. The van der Waals surface area contributed by atoms with Gasteiger partial charge in [-0.05, 0) is 31.5 Å². The Bertz CT molecular complexity index is 909. The molecule has 1 amide bonds. The first-order chi connectivity index (χ1) is 11.2. The zero-order valence-corrected chi connectivity index (χ0v) is 13.8. The standard InChI is InChI=1S/C15H15N3O5S/c1-10-6-7-14(11(2)8-10)24(22,23)17-16-15(19)12-4-3-5-13(9-12)18(20)21/h3-9,17H,1-2H3,(H,16,19). The third kappa shape index (κ3) is 3.94. The number of hydrogen-bond donors (Lipinski definition) is 2. The summed E-state index contributed by atoms with van der Waals surface area (Å²) in [5, 5.41) is 10.7. The third-order valence-corrected chi connectivity index (χ3v) is 4.65. The van der Waals surface area contributed by atoms with E-state index in [0.717, 1.165) is 11.6 Å². The fourth-order valence-corrected chi connectivity index (χ4v) is 3.17. The van der Waals surface area contributed by atoms with Gasteiger partial charge in [0.25, 0.3) is 21.6 Å². The number of carbonyl (C=O) groups is 1. The molecular formula is C15H15N3O5S. The van der Waals surface area contributed by atoms with Crippen LogP contribution in [0, 0.1) is 24.0 Å². The number of rotatable bonds is 5.